The van der Waals surface area contributed by atoms with Crippen LogP contribution in [0.2, 0.25) is 0 Å². The van der Waals surface area contributed by atoms with Gasteiger partial charge in [0.1, 0.15) is 10.6 Å². The molecule has 7 nitrogen and oxygen atoms in total. The van der Waals surface area contributed by atoms with Gasteiger partial charge >= 0.3 is 0 Å². The van der Waals surface area contributed by atoms with E-state index in [-0.39, 0.29) is 5.75 Å². The Kier molecular flexibility index (Phi) is 4.64. The van der Waals surface area contributed by atoms with Gasteiger partial charge in [-0.2, -0.15) is 0 Å². The van der Waals surface area contributed by atoms with E-state index in [4.69, 9.17) is 4.74 Å². The molecule has 0 aromatic heterocycles. The van der Waals surface area contributed by atoms with Gasteiger partial charge in [-0.3, -0.25) is 14.8 Å². The van der Waals surface area contributed by atoms with Crippen LogP contribution in [0.4, 0.5) is 24.5 Å². The van der Waals surface area contributed by atoms with E-state index in [1.165, 1.54) is 0 Å². The molecular formula is C13H9F3N2O5S. The molecule has 128 valence electrons. The molecule has 0 aliphatic carbocycles. The number of ether oxygens (including phenoxy) is 1. The first-order valence-corrected chi connectivity index (χ1v) is 7.64. The predicted octanol–water partition coefficient (Wildman–Crippen LogP) is 2.82. The van der Waals surface area contributed by atoms with Crippen LogP contribution in [-0.2, 0) is 10.0 Å². The zero-order valence-corrected chi connectivity index (χ0v) is 12.7. The maximum atomic E-state index is 13.6. The molecule has 2 aromatic rings. The van der Waals surface area contributed by atoms with Crippen molar-refractivity contribution in [3.63, 3.8) is 0 Å². The summed E-state index contributed by atoms with van der Waals surface area (Å²) >= 11 is 0. The first-order chi connectivity index (χ1) is 11.2. The van der Waals surface area contributed by atoms with Crippen LogP contribution >= 0.6 is 0 Å². The molecule has 0 unspecified atom stereocenters. The van der Waals surface area contributed by atoms with Crippen molar-refractivity contribution >= 4 is 21.4 Å². The second-order valence-electron chi connectivity index (χ2n) is 4.42. The summed E-state index contributed by atoms with van der Waals surface area (Å²) in [6.07, 6.45) is 0. The van der Waals surface area contributed by atoms with Crippen molar-refractivity contribution in [3.05, 3.63) is 57.9 Å². The largest absolute Gasteiger partial charge is 0.495 e. The van der Waals surface area contributed by atoms with Crippen molar-refractivity contribution < 1.29 is 31.2 Å². The van der Waals surface area contributed by atoms with Gasteiger partial charge in [0.05, 0.1) is 17.7 Å². The third kappa shape index (κ3) is 3.25. The topological polar surface area (TPSA) is 98.5 Å². The summed E-state index contributed by atoms with van der Waals surface area (Å²) in [7, 11) is -3.45. The number of hydrogen-bond donors (Lipinski definition) is 1. The predicted molar refractivity (Wildman–Crippen MR) is 76.8 cm³/mol. The number of non-ortho nitro benzene ring substituents is 1. The number of nitro groups is 1. The number of hydrogen-bond acceptors (Lipinski definition) is 5. The molecule has 0 aliphatic heterocycles. The van der Waals surface area contributed by atoms with Crippen molar-refractivity contribution in [2.75, 3.05) is 11.8 Å². The highest BCUT2D eigenvalue weighted by Crippen LogP contribution is 2.30. The lowest BCUT2D eigenvalue weighted by atomic mass is 10.3. The molecule has 0 fully saturated rings. The summed E-state index contributed by atoms with van der Waals surface area (Å²) in [4.78, 5) is 9.27. The Morgan fingerprint density at radius 2 is 1.79 bits per heavy atom. The maximum absolute atomic E-state index is 13.6. The zero-order chi connectivity index (χ0) is 18.1. The SMILES string of the molecule is COc1ccc([N+](=O)[O-])cc1S(=O)(=O)Nc1ccc(F)c(F)c1F. The first kappa shape index (κ1) is 17.5. The summed E-state index contributed by atoms with van der Waals surface area (Å²) < 4.78 is 70.8. The third-order valence-electron chi connectivity index (χ3n) is 2.93. The highest BCUT2D eigenvalue weighted by atomic mass is 32.2. The second-order valence-corrected chi connectivity index (χ2v) is 6.07. The fourth-order valence-corrected chi connectivity index (χ4v) is 3.04. The number of anilines is 1. The smallest absolute Gasteiger partial charge is 0.271 e. The number of nitro benzene ring substituents is 1. The van der Waals surface area contributed by atoms with E-state index < -0.39 is 48.7 Å². The summed E-state index contributed by atoms with van der Waals surface area (Å²) in [6, 6.07) is 3.94. The number of halogens is 3. The van der Waals surface area contributed by atoms with E-state index in [2.05, 4.69) is 0 Å². The average Bonchev–Trinajstić information content (AvgIpc) is 2.54. The number of methoxy groups -OCH3 is 1. The van der Waals surface area contributed by atoms with E-state index in [1.807, 2.05) is 0 Å². The minimum absolute atomic E-state index is 0.254. The Labute approximate surface area is 133 Å². The Bertz CT molecular complexity index is 918. The molecule has 0 saturated heterocycles. The van der Waals surface area contributed by atoms with Crippen molar-refractivity contribution in [2.24, 2.45) is 0 Å². The van der Waals surface area contributed by atoms with E-state index >= 15 is 0 Å². The van der Waals surface area contributed by atoms with Gasteiger partial charge in [0.2, 0.25) is 0 Å². The highest BCUT2D eigenvalue weighted by Gasteiger charge is 2.25. The fourth-order valence-electron chi connectivity index (χ4n) is 1.79. The molecular weight excluding hydrogens is 353 g/mol. The van der Waals surface area contributed by atoms with Crippen molar-refractivity contribution in [2.45, 2.75) is 4.90 Å². The minimum Gasteiger partial charge on any atom is -0.495 e. The highest BCUT2D eigenvalue weighted by molar-refractivity contribution is 7.92. The summed E-state index contributed by atoms with van der Waals surface area (Å²) in [6.45, 7) is 0. The van der Waals surface area contributed by atoms with Crippen molar-refractivity contribution in [3.8, 4) is 5.75 Å². The zero-order valence-electron chi connectivity index (χ0n) is 11.9. The first-order valence-electron chi connectivity index (χ1n) is 6.16. The minimum atomic E-state index is -4.57. The summed E-state index contributed by atoms with van der Waals surface area (Å²) in [5, 5.41) is 10.8. The van der Waals surface area contributed by atoms with E-state index in [0.29, 0.717) is 18.2 Å². The van der Waals surface area contributed by atoms with Gasteiger partial charge in [0, 0.05) is 12.1 Å². The molecule has 0 aliphatic rings. The van der Waals surface area contributed by atoms with Crippen molar-refractivity contribution in [1.29, 1.82) is 0 Å². The van der Waals surface area contributed by atoms with Gasteiger partial charge in [-0.05, 0) is 18.2 Å². The molecule has 2 rings (SSSR count). The Balaban J connectivity index is 2.53. The van der Waals surface area contributed by atoms with Crippen LogP contribution in [0.1, 0.15) is 0 Å². The van der Waals surface area contributed by atoms with Crippen molar-refractivity contribution in [1.82, 2.24) is 0 Å². The molecule has 24 heavy (non-hydrogen) atoms. The van der Waals surface area contributed by atoms with Gasteiger partial charge in [0.25, 0.3) is 15.7 Å². The molecule has 0 atom stereocenters. The van der Waals surface area contributed by atoms with Gasteiger partial charge < -0.3 is 4.74 Å². The van der Waals surface area contributed by atoms with Gasteiger partial charge in [-0.25, -0.2) is 21.6 Å². The third-order valence-corrected chi connectivity index (χ3v) is 4.31. The number of nitrogens with one attached hydrogen (secondary N) is 1. The quantitative estimate of drug-likeness (QED) is 0.501. The molecule has 1 N–H and O–H groups in total. The normalized spacial score (nSPS) is 11.2. The lowest BCUT2D eigenvalue weighted by Crippen LogP contribution is -2.16. The van der Waals surface area contributed by atoms with E-state index in [0.717, 1.165) is 19.2 Å². The summed E-state index contributed by atoms with van der Waals surface area (Å²) in [5.74, 6) is -5.36. The molecule has 0 spiro atoms. The van der Waals surface area contributed by atoms with Crippen LogP contribution in [0.15, 0.2) is 35.2 Å². The Morgan fingerprint density at radius 1 is 1.12 bits per heavy atom. The Hall–Kier alpha value is -2.82. The lowest BCUT2D eigenvalue weighted by molar-refractivity contribution is -0.385. The van der Waals surface area contributed by atoms with Crippen LogP contribution in [0.3, 0.4) is 0 Å². The number of rotatable bonds is 5. The van der Waals surface area contributed by atoms with Gasteiger partial charge in [-0.15, -0.1) is 0 Å². The van der Waals surface area contributed by atoms with Crippen LogP contribution < -0.4 is 9.46 Å². The van der Waals surface area contributed by atoms with Gasteiger partial charge in [-0.1, -0.05) is 0 Å². The lowest BCUT2D eigenvalue weighted by Gasteiger charge is -2.12. The monoisotopic (exact) mass is 362 g/mol. The molecule has 0 heterocycles. The number of sulfonamides is 1. The fraction of sp³-hybridized carbons (Fsp3) is 0.0769. The molecule has 0 saturated carbocycles. The maximum Gasteiger partial charge on any atom is 0.271 e. The average molecular weight is 362 g/mol. The van der Waals surface area contributed by atoms with E-state index in [1.54, 1.807) is 4.72 Å². The van der Waals surface area contributed by atoms with Crippen LogP contribution in [0.25, 0.3) is 0 Å². The molecule has 0 amide bonds. The standard InChI is InChI=1S/C13H9F3N2O5S/c1-23-10-5-2-7(18(19)20)6-11(10)24(21,22)17-9-4-3-8(14)12(15)13(9)16/h2-6,17H,1H3. The number of benzene rings is 2. The van der Waals surface area contributed by atoms with E-state index in [9.17, 15) is 31.7 Å². The van der Waals surface area contributed by atoms with Crippen LogP contribution in [0.5, 0.6) is 5.75 Å². The molecule has 0 radical (unpaired) electrons. The van der Waals surface area contributed by atoms with Crippen LogP contribution in [0, 0.1) is 27.6 Å². The summed E-state index contributed by atoms with van der Waals surface area (Å²) in [5.41, 5.74) is -1.41. The molecule has 0 bridgehead atoms. The molecule has 2 aromatic carbocycles. The second kappa shape index (κ2) is 6.35. The van der Waals surface area contributed by atoms with Gasteiger partial charge in [0.15, 0.2) is 17.5 Å². The van der Waals surface area contributed by atoms with Crippen LogP contribution in [-0.4, -0.2) is 20.5 Å². The Morgan fingerprint density at radius 3 is 2.38 bits per heavy atom. The molecule has 11 heteroatoms. The number of nitrogens with zero attached hydrogens (tertiary/aromatic N) is 1.